The lowest BCUT2D eigenvalue weighted by Gasteiger charge is -2.69. The van der Waals surface area contributed by atoms with Crippen LogP contribution in [0.4, 0.5) is 10.9 Å². The monoisotopic (exact) mass is 1270 g/mol. The minimum atomic E-state index is -4.36. The fourth-order valence-electron chi connectivity index (χ4n) is 14.7. The van der Waals surface area contributed by atoms with Crippen molar-refractivity contribution in [3.05, 3.63) is 101 Å². The summed E-state index contributed by atoms with van der Waals surface area (Å²) in [5.41, 5.74) is 4.30. The van der Waals surface area contributed by atoms with Crippen LogP contribution in [0, 0.1) is 23.2 Å². The van der Waals surface area contributed by atoms with Gasteiger partial charge in [0.25, 0.3) is 27.8 Å². The van der Waals surface area contributed by atoms with E-state index in [9.17, 15) is 42.0 Å². The van der Waals surface area contributed by atoms with Crippen LogP contribution in [0.1, 0.15) is 96.5 Å². The van der Waals surface area contributed by atoms with Crippen molar-refractivity contribution in [1.82, 2.24) is 29.5 Å². The quantitative estimate of drug-likeness (QED) is 0.0217. The molecule has 3 N–H and O–H groups in total. The van der Waals surface area contributed by atoms with E-state index in [1.54, 1.807) is 18.3 Å². The first-order chi connectivity index (χ1) is 42.7. The molecular formula is C63H80N8O16S2. The molecule has 4 saturated carbocycles. The predicted molar refractivity (Wildman–Crippen MR) is 329 cm³/mol. The van der Waals surface area contributed by atoms with Gasteiger partial charge in [-0.25, -0.2) is 14.8 Å². The number of nitrogens with zero attached hydrogens (tertiary/aromatic N) is 7. The predicted octanol–water partition coefficient (Wildman–Crippen LogP) is 6.64. The van der Waals surface area contributed by atoms with E-state index in [-0.39, 0.29) is 105 Å². The third-order valence-electron chi connectivity index (χ3n) is 17.4. The molecule has 480 valence electrons. The van der Waals surface area contributed by atoms with Crippen LogP contribution in [-0.2, 0) is 77.2 Å². The van der Waals surface area contributed by atoms with Crippen LogP contribution in [0.3, 0.4) is 0 Å². The minimum absolute atomic E-state index is 0.0104. The molecule has 2 atom stereocenters. The third-order valence-corrected chi connectivity index (χ3v) is 19.0. The number of carbonyl (C=O) groups excluding carboxylic acids is 4. The molecular weight excluding hydrogens is 1190 g/mol. The highest BCUT2D eigenvalue weighted by Gasteiger charge is 2.66. The van der Waals surface area contributed by atoms with E-state index in [0.29, 0.717) is 107 Å². The summed E-state index contributed by atoms with van der Waals surface area (Å²) in [6.45, 7) is 12.1. The lowest BCUT2D eigenvalue weighted by atomic mass is 9.39. The molecule has 26 heteroatoms. The number of aromatic nitrogens is 4. The number of pyridine rings is 1. The second-order valence-corrected chi connectivity index (χ2v) is 27.3. The number of para-hydroxylation sites is 1. The van der Waals surface area contributed by atoms with Gasteiger partial charge in [-0.1, -0.05) is 49.4 Å². The van der Waals surface area contributed by atoms with Crippen LogP contribution in [-0.4, -0.2) is 201 Å². The number of nitrogens with one attached hydrogen (secondary N) is 1. The number of benzene rings is 2. The summed E-state index contributed by atoms with van der Waals surface area (Å²) in [4.78, 5) is 77.5. The van der Waals surface area contributed by atoms with Gasteiger partial charge in [0.1, 0.15) is 5.82 Å². The number of carbonyl (C=O) groups is 5. The molecule has 4 fully saturated rings. The summed E-state index contributed by atoms with van der Waals surface area (Å²) in [6, 6.07) is 17.1. The highest BCUT2D eigenvalue weighted by Crippen LogP contribution is 2.72. The Bertz CT molecular complexity index is 3450. The SMILES string of the molecule is Cc1c(-c2ccc(N3CCc4cccc(C(=O)Nc5nc6ccccc6s5)c4C3)nc2C(=O)O)cnn1CC12CC3(C)CC(C)(C1)CC(OCCN(CCS(=O)(=O)O)C(=O)CCOCCOCCOCCOCCOCCOCCN1C(=O)C=CC1=O)(C3)C2. The topological polar surface area (TPSA) is 290 Å². The molecule has 5 heterocycles. The molecule has 0 radical (unpaired) electrons. The maximum Gasteiger partial charge on any atom is 0.355 e. The molecule has 3 aromatic heterocycles. The zero-order chi connectivity index (χ0) is 62.8. The summed E-state index contributed by atoms with van der Waals surface area (Å²) in [6.07, 6.45) is 10.2. The summed E-state index contributed by atoms with van der Waals surface area (Å²) in [5, 5.41) is 19.1. The lowest BCUT2D eigenvalue weighted by molar-refractivity contribution is -0.248. The Morgan fingerprint density at radius 1 is 0.730 bits per heavy atom. The molecule has 4 amide bonds. The Morgan fingerprint density at radius 2 is 1.37 bits per heavy atom. The van der Waals surface area contributed by atoms with E-state index in [4.69, 9.17) is 43.2 Å². The number of hydrogen-bond donors (Lipinski definition) is 3. The maximum atomic E-state index is 13.8. The number of ether oxygens (including phenoxy) is 7. The molecule has 4 bridgehead atoms. The molecule has 6 aliphatic rings. The number of imide groups is 1. The van der Waals surface area contributed by atoms with Gasteiger partial charge in [0.15, 0.2) is 10.8 Å². The van der Waals surface area contributed by atoms with Crippen LogP contribution < -0.4 is 10.2 Å². The van der Waals surface area contributed by atoms with Crippen LogP contribution in [0.5, 0.6) is 0 Å². The first kappa shape index (κ1) is 65.4. The van der Waals surface area contributed by atoms with Crippen LogP contribution in [0.25, 0.3) is 21.3 Å². The fraction of sp³-hybridized carbons (Fsp3) is 0.556. The van der Waals surface area contributed by atoms with Gasteiger partial charge in [-0.05, 0) is 110 Å². The third kappa shape index (κ3) is 16.7. The maximum absolute atomic E-state index is 13.8. The largest absolute Gasteiger partial charge is 0.476 e. The molecule has 89 heavy (non-hydrogen) atoms. The van der Waals surface area contributed by atoms with Gasteiger partial charge < -0.3 is 48.1 Å². The number of aromatic carboxylic acids is 1. The van der Waals surface area contributed by atoms with E-state index in [1.807, 2.05) is 59.0 Å². The van der Waals surface area contributed by atoms with Gasteiger partial charge >= 0.3 is 5.97 Å². The van der Waals surface area contributed by atoms with Crippen LogP contribution in [0.2, 0.25) is 0 Å². The molecule has 2 unspecified atom stereocenters. The number of rotatable bonds is 35. The van der Waals surface area contributed by atoms with Crippen molar-refractivity contribution < 1.29 is 75.2 Å². The van der Waals surface area contributed by atoms with Crippen molar-refractivity contribution in [3.8, 4) is 11.1 Å². The van der Waals surface area contributed by atoms with E-state index in [2.05, 4.69) is 24.1 Å². The van der Waals surface area contributed by atoms with Crippen LogP contribution >= 0.6 is 11.3 Å². The van der Waals surface area contributed by atoms with E-state index in [1.165, 1.54) is 28.4 Å². The molecule has 24 nitrogen and oxygen atoms in total. The Kier molecular flexibility index (Phi) is 21.1. The second kappa shape index (κ2) is 28.7. The molecule has 5 aromatic rings. The number of carboxylic acid groups (broad SMARTS) is 1. The van der Waals surface area contributed by atoms with Crippen molar-refractivity contribution in [1.29, 1.82) is 0 Å². The number of anilines is 2. The Labute approximate surface area is 521 Å². The van der Waals surface area contributed by atoms with E-state index in [0.717, 1.165) is 70.5 Å². The van der Waals surface area contributed by atoms with Crippen molar-refractivity contribution in [3.63, 3.8) is 0 Å². The summed E-state index contributed by atoms with van der Waals surface area (Å²) < 4.78 is 76.6. The fourth-order valence-corrected chi connectivity index (χ4v) is 16.0. The van der Waals surface area contributed by atoms with E-state index >= 15 is 0 Å². The molecule has 4 aliphatic carbocycles. The van der Waals surface area contributed by atoms with Gasteiger partial charge in [-0.3, -0.25) is 38.6 Å². The highest BCUT2D eigenvalue weighted by molar-refractivity contribution is 7.85. The number of hydrogen-bond acceptors (Lipinski definition) is 19. The Hall–Kier alpha value is -6.59. The average Bonchev–Trinajstić information content (AvgIpc) is 1.09. The molecule has 0 saturated heterocycles. The van der Waals surface area contributed by atoms with Crippen molar-refractivity contribution in [2.45, 2.75) is 90.8 Å². The highest BCUT2D eigenvalue weighted by atomic mass is 32.2. The standard InChI is InChI=1S/C63H80N8O16S2/c1-44-48(46-11-12-52(66-56(46)58(76)77)69-17-15-45-7-6-8-47(49(45)36-69)57(75)67-59-65-50-9-4-5-10-51(50)88-59)35-64-71(44)43-62-38-60(2)37-61(3,39-62)41-63(40-60,42-62)87-23-18-68(20-34-89(78,79)80)53(72)16-21-81-24-26-83-28-30-85-32-33-86-31-29-84-27-25-82-22-19-70-54(73)13-14-55(70)74/h4-14,35H,15-34,36-43H2,1-3H3,(H,76,77)(H,65,67,75)(H,78,79,80). The Balaban J connectivity index is 0.670. The zero-order valence-corrected chi connectivity index (χ0v) is 52.4. The van der Waals surface area contributed by atoms with Crippen molar-refractivity contribution in [2.75, 3.05) is 128 Å². The second-order valence-electron chi connectivity index (χ2n) is 24.7. The average molecular weight is 1270 g/mol. The van der Waals surface area contributed by atoms with Crippen LogP contribution in [0.15, 0.2) is 72.9 Å². The number of thiazole rings is 1. The summed E-state index contributed by atoms with van der Waals surface area (Å²) >= 11 is 1.41. The molecule has 2 aromatic carbocycles. The van der Waals surface area contributed by atoms with Crippen molar-refractivity contribution >= 4 is 72.2 Å². The zero-order valence-electron chi connectivity index (χ0n) is 50.8. The lowest BCUT2D eigenvalue weighted by Crippen LogP contribution is -2.64. The minimum Gasteiger partial charge on any atom is -0.476 e. The summed E-state index contributed by atoms with van der Waals surface area (Å²) in [7, 11) is -4.36. The molecule has 11 rings (SSSR count). The summed E-state index contributed by atoms with van der Waals surface area (Å²) in [5.74, 6) is -2.55. The smallest absolute Gasteiger partial charge is 0.355 e. The first-order valence-electron chi connectivity index (χ1n) is 30.4. The normalized spacial score (nSPS) is 22.0. The number of amides is 4. The van der Waals surface area contributed by atoms with Crippen molar-refractivity contribution in [2.24, 2.45) is 16.2 Å². The number of carboxylic acids is 1. The van der Waals surface area contributed by atoms with Gasteiger partial charge in [-0.2, -0.15) is 13.5 Å². The first-order valence-corrected chi connectivity index (χ1v) is 32.8. The molecule has 0 spiro atoms. The van der Waals surface area contributed by atoms with E-state index < -0.39 is 27.4 Å². The number of fused-ring (bicyclic) bond motifs is 2. The molecule has 2 aliphatic heterocycles. The van der Waals surface area contributed by atoms with Gasteiger partial charge in [0.05, 0.1) is 127 Å². The van der Waals surface area contributed by atoms with Gasteiger partial charge in [-0.15, -0.1) is 0 Å². The van der Waals surface area contributed by atoms with Gasteiger partial charge in [0, 0.05) is 67.3 Å². The Morgan fingerprint density at radius 3 is 2.01 bits per heavy atom. The van der Waals surface area contributed by atoms with Gasteiger partial charge in [0.2, 0.25) is 5.91 Å².